The number of nitrogens with one attached hydrogen (secondary N) is 2. The fourth-order valence-corrected chi connectivity index (χ4v) is 3.51. The third-order valence-corrected chi connectivity index (χ3v) is 4.51. The van der Waals surface area contributed by atoms with Crippen LogP contribution in [0.3, 0.4) is 0 Å². The summed E-state index contributed by atoms with van der Waals surface area (Å²) in [5.41, 5.74) is 0. The van der Waals surface area contributed by atoms with E-state index in [9.17, 15) is 8.42 Å². The molecule has 0 radical (unpaired) electrons. The summed E-state index contributed by atoms with van der Waals surface area (Å²) in [5, 5.41) is 3.23. The van der Waals surface area contributed by atoms with Crippen molar-refractivity contribution in [2.75, 3.05) is 39.1 Å². The molecule has 2 N–H and O–H groups in total. The Balaban J connectivity index is 2.16. The molecule has 1 rings (SSSR count). The van der Waals surface area contributed by atoms with Crippen molar-refractivity contribution in [3.63, 3.8) is 0 Å². The number of hydrogen-bond acceptors (Lipinski definition) is 4. The molecule has 1 unspecified atom stereocenters. The fourth-order valence-electron chi connectivity index (χ4n) is 2.03. The van der Waals surface area contributed by atoms with Crippen molar-refractivity contribution in [2.24, 2.45) is 5.92 Å². The van der Waals surface area contributed by atoms with Crippen LogP contribution in [0.15, 0.2) is 0 Å². The monoisotopic (exact) mass is 264 g/mol. The molecule has 17 heavy (non-hydrogen) atoms. The lowest BCUT2D eigenvalue weighted by molar-refractivity contribution is 0.193. The first-order chi connectivity index (χ1) is 8.14. The molecule has 1 heterocycles. The quantitative estimate of drug-likeness (QED) is 0.620. The number of unbranched alkanes of at least 4 members (excludes halogenated alkanes) is 1. The van der Waals surface area contributed by atoms with Gasteiger partial charge in [-0.25, -0.2) is 13.1 Å². The van der Waals surface area contributed by atoms with Crippen LogP contribution in [0.1, 0.15) is 25.7 Å². The lowest BCUT2D eigenvalue weighted by atomic mass is 10.0. The molecular formula is C11H24N2O3S. The Hall–Kier alpha value is -0.170. The molecule has 1 atom stereocenters. The van der Waals surface area contributed by atoms with Gasteiger partial charge in [-0.1, -0.05) is 0 Å². The predicted octanol–water partition coefficient (Wildman–Crippen LogP) is 0.332. The molecule has 0 spiro atoms. The molecule has 0 amide bonds. The molecule has 1 aliphatic heterocycles. The third-order valence-electron chi connectivity index (χ3n) is 2.95. The van der Waals surface area contributed by atoms with Gasteiger partial charge in [0.2, 0.25) is 10.0 Å². The highest BCUT2D eigenvalue weighted by molar-refractivity contribution is 7.89. The van der Waals surface area contributed by atoms with E-state index < -0.39 is 10.0 Å². The van der Waals surface area contributed by atoms with Gasteiger partial charge < -0.3 is 10.1 Å². The highest BCUT2D eigenvalue weighted by Crippen LogP contribution is 2.11. The maximum Gasteiger partial charge on any atom is 0.211 e. The summed E-state index contributed by atoms with van der Waals surface area (Å²) in [6, 6.07) is 0. The van der Waals surface area contributed by atoms with Crippen LogP contribution in [0.2, 0.25) is 0 Å². The Morgan fingerprint density at radius 2 is 2.24 bits per heavy atom. The van der Waals surface area contributed by atoms with Crippen molar-refractivity contribution in [2.45, 2.75) is 25.7 Å². The van der Waals surface area contributed by atoms with Gasteiger partial charge in [0.1, 0.15) is 0 Å². The van der Waals surface area contributed by atoms with Gasteiger partial charge in [0.25, 0.3) is 0 Å². The first kappa shape index (κ1) is 14.9. The highest BCUT2D eigenvalue weighted by Gasteiger charge is 2.20. The third kappa shape index (κ3) is 6.98. The van der Waals surface area contributed by atoms with Gasteiger partial charge >= 0.3 is 0 Å². The van der Waals surface area contributed by atoms with Gasteiger partial charge in [0, 0.05) is 20.3 Å². The molecule has 0 aromatic carbocycles. The maximum atomic E-state index is 11.8. The molecule has 0 saturated carbocycles. The molecule has 102 valence electrons. The average Bonchev–Trinajstić information content (AvgIpc) is 2.29. The largest absolute Gasteiger partial charge is 0.385 e. The smallest absolute Gasteiger partial charge is 0.211 e. The fraction of sp³-hybridized carbons (Fsp3) is 1.00. The lowest BCUT2D eigenvalue weighted by Gasteiger charge is -2.22. The Labute approximate surface area is 104 Å². The van der Waals surface area contributed by atoms with Crippen molar-refractivity contribution < 1.29 is 13.2 Å². The minimum Gasteiger partial charge on any atom is -0.385 e. The number of ether oxygens (including phenoxy) is 1. The summed E-state index contributed by atoms with van der Waals surface area (Å²) in [6.07, 6.45) is 3.81. The second-order valence-corrected chi connectivity index (χ2v) is 6.44. The summed E-state index contributed by atoms with van der Waals surface area (Å²) in [6.45, 7) is 3.05. The van der Waals surface area contributed by atoms with Crippen LogP contribution in [-0.2, 0) is 14.8 Å². The van der Waals surface area contributed by atoms with Crippen molar-refractivity contribution in [3.8, 4) is 0 Å². The number of methoxy groups -OCH3 is 1. The van der Waals surface area contributed by atoms with E-state index in [4.69, 9.17) is 4.74 Å². The van der Waals surface area contributed by atoms with Crippen molar-refractivity contribution in [1.29, 1.82) is 0 Å². The standard InChI is InChI=1S/C11H24N2O3S/c1-16-8-3-2-7-13-17(14,15)10-11-5-4-6-12-9-11/h11-13H,2-10H2,1H3. The van der Waals surface area contributed by atoms with Crippen molar-refractivity contribution >= 4 is 10.0 Å². The summed E-state index contributed by atoms with van der Waals surface area (Å²) in [4.78, 5) is 0. The maximum absolute atomic E-state index is 11.8. The zero-order valence-electron chi connectivity index (χ0n) is 10.6. The first-order valence-corrected chi connectivity index (χ1v) is 7.96. The van der Waals surface area contributed by atoms with E-state index in [0.29, 0.717) is 13.2 Å². The second kappa shape index (κ2) is 8.02. The summed E-state index contributed by atoms with van der Waals surface area (Å²) in [7, 11) is -1.45. The molecule has 6 heteroatoms. The Morgan fingerprint density at radius 1 is 1.41 bits per heavy atom. The van der Waals surface area contributed by atoms with Crippen molar-refractivity contribution in [1.82, 2.24) is 10.0 Å². The van der Waals surface area contributed by atoms with E-state index in [2.05, 4.69) is 10.0 Å². The summed E-state index contributed by atoms with van der Waals surface area (Å²) >= 11 is 0. The van der Waals surface area contributed by atoms with Gasteiger partial charge in [-0.2, -0.15) is 0 Å². The van der Waals surface area contributed by atoms with Crippen LogP contribution in [0.5, 0.6) is 0 Å². The van der Waals surface area contributed by atoms with E-state index >= 15 is 0 Å². The van der Waals surface area contributed by atoms with E-state index in [-0.39, 0.29) is 11.7 Å². The molecule has 0 aromatic rings. The van der Waals surface area contributed by atoms with Gasteiger partial charge in [0.05, 0.1) is 5.75 Å². The molecular weight excluding hydrogens is 240 g/mol. The molecule has 5 nitrogen and oxygen atoms in total. The van der Waals surface area contributed by atoms with Gasteiger partial charge in [0.15, 0.2) is 0 Å². The first-order valence-electron chi connectivity index (χ1n) is 6.31. The zero-order chi connectivity index (χ0) is 12.6. The Morgan fingerprint density at radius 3 is 2.88 bits per heavy atom. The summed E-state index contributed by atoms with van der Waals surface area (Å²) < 4.78 is 31.1. The topological polar surface area (TPSA) is 67.4 Å². The molecule has 1 saturated heterocycles. The van der Waals surface area contributed by atoms with E-state index in [0.717, 1.165) is 38.8 Å². The van der Waals surface area contributed by atoms with Crippen LogP contribution < -0.4 is 10.0 Å². The highest BCUT2D eigenvalue weighted by atomic mass is 32.2. The minimum absolute atomic E-state index is 0.254. The molecule has 1 fully saturated rings. The molecule has 0 aromatic heterocycles. The summed E-state index contributed by atoms with van der Waals surface area (Å²) in [5.74, 6) is 0.518. The van der Waals surface area contributed by atoms with E-state index in [1.807, 2.05) is 0 Å². The van der Waals surface area contributed by atoms with Crippen LogP contribution in [0.4, 0.5) is 0 Å². The van der Waals surface area contributed by atoms with Crippen LogP contribution >= 0.6 is 0 Å². The average molecular weight is 264 g/mol. The molecule has 0 aliphatic carbocycles. The van der Waals surface area contributed by atoms with Crippen LogP contribution in [-0.4, -0.2) is 47.5 Å². The lowest BCUT2D eigenvalue weighted by Crippen LogP contribution is -2.37. The van der Waals surface area contributed by atoms with Gasteiger partial charge in [-0.3, -0.25) is 0 Å². The number of hydrogen-bond donors (Lipinski definition) is 2. The van der Waals surface area contributed by atoms with Crippen LogP contribution in [0, 0.1) is 5.92 Å². The Bertz CT molecular complexity index is 287. The van der Waals surface area contributed by atoms with Crippen molar-refractivity contribution in [3.05, 3.63) is 0 Å². The number of piperidine rings is 1. The van der Waals surface area contributed by atoms with Gasteiger partial charge in [-0.05, 0) is 44.7 Å². The van der Waals surface area contributed by atoms with E-state index in [1.54, 1.807) is 7.11 Å². The SMILES string of the molecule is COCCCCNS(=O)(=O)CC1CCCNC1. The normalized spacial score (nSPS) is 21.6. The number of sulfonamides is 1. The molecule has 1 aliphatic rings. The zero-order valence-corrected chi connectivity index (χ0v) is 11.4. The number of rotatable bonds is 8. The molecule has 0 bridgehead atoms. The Kier molecular flexibility index (Phi) is 7.03. The minimum atomic E-state index is -3.10. The van der Waals surface area contributed by atoms with Gasteiger partial charge in [-0.15, -0.1) is 0 Å². The predicted molar refractivity (Wildman–Crippen MR) is 68.5 cm³/mol. The van der Waals surface area contributed by atoms with E-state index in [1.165, 1.54) is 0 Å². The second-order valence-electron chi connectivity index (χ2n) is 4.59. The van der Waals surface area contributed by atoms with Crippen LogP contribution in [0.25, 0.3) is 0 Å².